The maximum atomic E-state index is 12.3. The van der Waals surface area contributed by atoms with Crippen LogP contribution in [0.4, 0.5) is 14.5 Å². The molecular formula is C10H14F2N2O4S2. The summed E-state index contributed by atoms with van der Waals surface area (Å²) in [5, 5.41) is 2.74. The second-order valence-corrected chi connectivity index (χ2v) is 7.74. The average Bonchev–Trinajstić information content (AvgIpc) is 2.39. The lowest BCUT2D eigenvalue weighted by atomic mass is 10.3. The molecule has 2 N–H and O–H groups in total. The van der Waals surface area contributed by atoms with Gasteiger partial charge in [-0.05, 0) is 31.3 Å². The van der Waals surface area contributed by atoms with Gasteiger partial charge >= 0.3 is 5.76 Å². The van der Waals surface area contributed by atoms with Gasteiger partial charge in [-0.15, -0.1) is 0 Å². The number of sulfonamides is 1. The van der Waals surface area contributed by atoms with Gasteiger partial charge in [0.15, 0.2) is 0 Å². The Kier molecular flexibility index (Phi) is 5.42. The fraction of sp³-hybridized carbons (Fsp3) is 0.400. The first-order valence-corrected chi connectivity index (χ1v) is 8.66. The molecule has 10 heteroatoms. The first-order valence-electron chi connectivity index (χ1n) is 5.46. The maximum Gasteiger partial charge on any atom is 0.341 e. The highest BCUT2D eigenvalue weighted by atomic mass is 32.2. The van der Waals surface area contributed by atoms with Crippen molar-refractivity contribution in [1.82, 2.24) is 4.72 Å². The number of halogens is 2. The summed E-state index contributed by atoms with van der Waals surface area (Å²) in [6.07, 6.45) is 0. The van der Waals surface area contributed by atoms with E-state index in [-0.39, 0.29) is 12.3 Å². The molecule has 0 aromatic heterocycles. The Balaban J connectivity index is 2.69. The molecule has 0 spiro atoms. The molecule has 0 radical (unpaired) electrons. The normalized spacial score (nSPS) is 12.6. The van der Waals surface area contributed by atoms with Gasteiger partial charge in [-0.3, -0.25) is 0 Å². The van der Waals surface area contributed by atoms with Crippen molar-refractivity contribution in [3.8, 4) is 0 Å². The van der Waals surface area contributed by atoms with Crippen molar-refractivity contribution in [3.63, 3.8) is 0 Å². The van der Waals surface area contributed by atoms with Gasteiger partial charge in [0.05, 0.1) is 10.6 Å². The van der Waals surface area contributed by atoms with Crippen molar-refractivity contribution in [3.05, 3.63) is 24.3 Å². The number of benzene rings is 1. The lowest BCUT2D eigenvalue weighted by Gasteiger charge is -2.08. The number of anilines is 1. The molecule has 0 fully saturated rings. The monoisotopic (exact) mass is 328 g/mol. The van der Waals surface area contributed by atoms with Gasteiger partial charge in [0.1, 0.15) is 0 Å². The van der Waals surface area contributed by atoms with Crippen LogP contribution < -0.4 is 10.0 Å². The van der Waals surface area contributed by atoms with Gasteiger partial charge in [-0.2, -0.15) is 8.78 Å². The van der Waals surface area contributed by atoms with Crippen molar-refractivity contribution in [2.75, 3.05) is 24.7 Å². The molecule has 0 aliphatic heterocycles. The predicted octanol–water partition coefficient (Wildman–Crippen LogP) is 0.644. The largest absolute Gasteiger partial charge is 0.384 e. The maximum absolute atomic E-state index is 12.3. The van der Waals surface area contributed by atoms with E-state index < -0.39 is 30.5 Å². The fourth-order valence-corrected chi connectivity index (χ4v) is 2.59. The molecule has 0 atom stereocenters. The van der Waals surface area contributed by atoms with Crippen LogP contribution in [0, 0.1) is 0 Å². The third-order valence-corrected chi connectivity index (χ3v) is 5.19. The van der Waals surface area contributed by atoms with Gasteiger partial charge in [0.2, 0.25) is 19.9 Å². The lowest BCUT2D eigenvalue weighted by molar-refractivity contribution is 0.234. The minimum Gasteiger partial charge on any atom is -0.384 e. The van der Waals surface area contributed by atoms with Crippen LogP contribution in [-0.4, -0.2) is 41.9 Å². The standard InChI is InChI=1S/C10H14F2N2O4S2/c1-13-19(15,16)7-6-14-8-2-4-9(5-3-8)20(17,18)10(11)12/h2-5,10,13-14H,6-7H2,1H3. The first-order chi connectivity index (χ1) is 9.19. The minimum atomic E-state index is -4.61. The third-order valence-electron chi connectivity index (χ3n) is 2.43. The van der Waals surface area contributed by atoms with Gasteiger partial charge in [0, 0.05) is 12.2 Å². The Hall–Kier alpha value is -1.26. The van der Waals surface area contributed by atoms with Gasteiger partial charge < -0.3 is 5.32 Å². The van der Waals surface area contributed by atoms with Crippen molar-refractivity contribution >= 4 is 25.5 Å². The summed E-state index contributed by atoms with van der Waals surface area (Å²) < 4.78 is 71.3. The molecule has 0 saturated heterocycles. The molecule has 0 amide bonds. The van der Waals surface area contributed by atoms with E-state index in [1.165, 1.54) is 19.2 Å². The van der Waals surface area contributed by atoms with Crippen LogP contribution in [0.3, 0.4) is 0 Å². The summed E-state index contributed by atoms with van der Waals surface area (Å²) in [4.78, 5) is -0.485. The molecule has 0 aliphatic rings. The van der Waals surface area contributed by atoms with E-state index in [0.717, 1.165) is 12.1 Å². The second kappa shape index (κ2) is 6.46. The third kappa shape index (κ3) is 4.39. The van der Waals surface area contributed by atoms with Crippen LogP contribution in [-0.2, 0) is 19.9 Å². The zero-order valence-electron chi connectivity index (χ0n) is 10.5. The fourth-order valence-electron chi connectivity index (χ4n) is 1.30. The summed E-state index contributed by atoms with van der Waals surface area (Å²) >= 11 is 0. The van der Waals surface area contributed by atoms with Crippen LogP contribution in [0.25, 0.3) is 0 Å². The van der Waals surface area contributed by atoms with Crippen molar-refractivity contribution in [2.24, 2.45) is 0 Å². The molecule has 0 saturated carbocycles. The van der Waals surface area contributed by atoms with E-state index in [9.17, 15) is 25.6 Å². The molecule has 0 unspecified atom stereocenters. The summed E-state index contributed by atoms with van der Waals surface area (Å²) in [6, 6.07) is 4.66. The molecule has 0 heterocycles. The van der Waals surface area contributed by atoms with Crippen LogP contribution in [0.15, 0.2) is 29.2 Å². The van der Waals surface area contributed by atoms with Gasteiger partial charge in [-0.25, -0.2) is 21.6 Å². The summed E-state index contributed by atoms with van der Waals surface area (Å²) in [5.74, 6) is -3.64. The van der Waals surface area contributed by atoms with Crippen LogP contribution in [0.1, 0.15) is 0 Å². The lowest BCUT2D eigenvalue weighted by Crippen LogP contribution is -2.26. The average molecular weight is 328 g/mol. The number of hydrogen-bond acceptors (Lipinski definition) is 5. The number of hydrogen-bond donors (Lipinski definition) is 2. The Morgan fingerprint density at radius 1 is 1.10 bits per heavy atom. The highest BCUT2D eigenvalue weighted by molar-refractivity contribution is 7.91. The number of rotatable bonds is 7. The number of nitrogens with one attached hydrogen (secondary N) is 2. The van der Waals surface area contributed by atoms with Crippen LogP contribution in [0.2, 0.25) is 0 Å². The minimum absolute atomic E-state index is 0.101. The number of sulfone groups is 1. The number of alkyl halides is 2. The second-order valence-electron chi connectivity index (χ2n) is 3.78. The summed E-state index contributed by atoms with van der Waals surface area (Å²) in [7, 11) is -6.66. The summed E-state index contributed by atoms with van der Waals surface area (Å²) in [5.41, 5.74) is 0.435. The molecule has 1 aromatic rings. The van der Waals surface area contributed by atoms with Crippen LogP contribution >= 0.6 is 0 Å². The molecule has 1 aromatic carbocycles. The molecule has 114 valence electrons. The molecule has 0 bridgehead atoms. The van der Waals surface area contributed by atoms with E-state index in [0.29, 0.717) is 5.69 Å². The quantitative estimate of drug-likeness (QED) is 0.766. The van der Waals surface area contributed by atoms with E-state index in [4.69, 9.17) is 0 Å². The van der Waals surface area contributed by atoms with Gasteiger partial charge in [0.25, 0.3) is 0 Å². The molecule has 6 nitrogen and oxygen atoms in total. The zero-order chi connectivity index (χ0) is 15.4. The summed E-state index contributed by atoms with van der Waals surface area (Å²) in [6.45, 7) is 0.101. The van der Waals surface area contributed by atoms with Crippen molar-refractivity contribution in [1.29, 1.82) is 0 Å². The first kappa shape index (κ1) is 16.8. The smallest absolute Gasteiger partial charge is 0.341 e. The highest BCUT2D eigenvalue weighted by Crippen LogP contribution is 2.20. The van der Waals surface area contributed by atoms with E-state index >= 15 is 0 Å². The van der Waals surface area contributed by atoms with E-state index in [2.05, 4.69) is 10.0 Å². The zero-order valence-corrected chi connectivity index (χ0v) is 12.1. The highest BCUT2D eigenvalue weighted by Gasteiger charge is 2.26. The van der Waals surface area contributed by atoms with Crippen LogP contribution in [0.5, 0.6) is 0 Å². The molecule has 0 aliphatic carbocycles. The van der Waals surface area contributed by atoms with Gasteiger partial charge in [-0.1, -0.05) is 0 Å². The van der Waals surface area contributed by atoms with E-state index in [1.807, 2.05) is 0 Å². The SMILES string of the molecule is CNS(=O)(=O)CCNc1ccc(S(=O)(=O)C(F)F)cc1. The molecular weight excluding hydrogens is 314 g/mol. The Labute approximate surface area is 116 Å². The molecule has 20 heavy (non-hydrogen) atoms. The van der Waals surface area contributed by atoms with Crippen molar-refractivity contribution < 1.29 is 25.6 Å². The van der Waals surface area contributed by atoms with Crippen molar-refractivity contribution in [2.45, 2.75) is 10.7 Å². The Bertz CT molecular complexity index is 642. The Morgan fingerprint density at radius 3 is 2.10 bits per heavy atom. The topological polar surface area (TPSA) is 92.3 Å². The molecule has 1 rings (SSSR count). The van der Waals surface area contributed by atoms with E-state index in [1.54, 1.807) is 0 Å². The predicted molar refractivity (Wildman–Crippen MR) is 71.0 cm³/mol. The Morgan fingerprint density at radius 2 is 1.65 bits per heavy atom.